The molecule has 0 bridgehead atoms. The molecule has 2 aromatic rings. The van der Waals surface area contributed by atoms with E-state index in [2.05, 4.69) is 31.2 Å². The molecule has 0 spiro atoms. The van der Waals surface area contributed by atoms with Crippen LogP contribution >= 0.6 is 0 Å². The monoisotopic (exact) mass is 733 g/mol. The van der Waals surface area contributed by atoms with Gasteiger partial charge in [-0.2, -0.15) is 0 Å². The van der Waals surface area contributed by atoms with Gasteiger partial charge in [-0.15, -0.1) is 0 Å². The molecule has 5 N–H and O–H groups in total. The number of likely N-dealkylation sites (tertiary alicyclic amines) is 1. The van der Waals surface area contributed by atoms with Crippen LogP contribution in [0, 0.1) is 23.7 Å². The number of carbonyl (C=O) groups is 7. The predicted octanol–water partition coefficient (Wildman–Crippen LogP) is 1.67. The zero-order chi connectivity index (χ0) is 38.8. The number of carbonyl (C=O) groups excluding carboxylic acids is 6. The summed E-state index contributed by atoms with van der Waals surface area (Å²) < 4.78 is 0. The highest BCUT2D eigenvalue weighted by Gasteiger charge is 2.51. The van der Waals surface area contributed by atoms with Crippen molar-refractivity contribution in [3.8, 4) is 0 Å². The average molecular weight is 734 g/mol. The first-order chi connectivity index (χ1) is 25.2. The summed E-state index contributed by atoms with van der Waals surface area (Å²) in [4.78, 5) is 103. The van der Waals surface area contributed by atoms with Crippen LogP contribution < -0.4 is 21.3 Å². The standard InChI is InChI=1S/C38H51N7O8/c1-6-11-26(32(46)36(50)42-27(38(52)53)18-23-12-8-7-9-13-23)41-35(49)31-25-15-10-14-24(25)20-45(31)37(51)30(22(4)5)44-34(48)29(21(2)3)43-33(47)28-19-39-16-17-40-28/h7-9,12-13,16-17,19,21-22,24-27,29-31H,6,10-11,14-15,18,20H2,1-5H3,(H,41,49)(H,42,50)(H,43,47)(H,44,48)(H,52,53)/t24?,25-,26?,27-,29-,30-,31?/m0/s1. The highest BCUT2D eigenvalue weighted by molar-refractivity contribution is 6.38. The lowest BCUT2D eigenvalue weighted by Gasteiger charge is -2.34. The second kappa shape index (κ2) is 18.5. The van der Waals surface area contributed by atoms with Crippen LogP contribution in [0.15, 0.2) is 48.9 Å². The molecule has 53 heavy (non-hydrogen) atoms. The fourth-order valence-corrected chi connectivity index (χ4v) is 7.22. The quantitative estimate of drug-likeness (QED) is 0.148. The number of carboxylic acid groups (broad SMARTS) is 1. The van der Waals surface area contributed by atoms with Crippen LogP contribution in [-0.2, 0) is 35.2 Å². The van der Waals surface area contributed by atoms with Gasteiger partial charge in [0.1, 0.15) is 29.9 Å². The van der Waals surface area contributed by atoms with Crippen LogP contribution in [0.4, 0.5) is 0 Å². The Morgan fingerprint density at radius 3 is 2.17 bits per heavy atom. The summed E-state index contributed by atoms with van der Waals surface area (Å²) in [6.07, 6.45) is 6.93. The van der Waals surface area contributed by atoms with Crippen molar-refractivity contribution in [3.63, 3.8) is 0 Å². The third-order valence-electron chi connectivity index (χ3n) is 10.0. The molecule has 7 atom stereocenters. The van der Waals surface area contributed by atoms with Gasteiger partial charge in [0.2, 0.25) is 23.5 Å². The first kappa shape index (κ1) is 40.6. The van der Waals surface area contributed by atoms with E-state index in [9.17, 15) is 38.7 Å². The summed E-state index contributed by atoms with van der Waals surface area (Å²) in [5.41, 5.74) is 0.691. The molecule has 5 amide bonds. The zero-order valence-corrected chi connectivity index (χ0v) is 30.9. The van der Waals surface area contributed by atoms with Gasteiger partial charge in [0, 0.05) is 25.4 Å². The normalized spacial score (nSPS) is 20.1. The van der Waals surface area contributed by atoms with Gasteiger partial charge in [-0.05, 0) is 48.5 Å². The van der Waals surface area contributed by atoms with Gasteiger partial charge in [-0.1, -0.05) is 77.8 Å². The van der Waals surface area contributed by atoms with Gasteiger partial charge in [-0.25, -0.2) is 9.78 Å². The van der Waals surface area contributed by atoms with Crippen molar-refractivity contribution in [2.45, 2.75) is 103 Å². The van der Waals surface area contributed by atoms with E-state index in [-0.39, 0.29) is 42.8 Å². The van der Waals surface area contributed by atoms with E-state index in [0.717, 1.165) is 12.8 Å². The Balaban J connectivity index is 1.50. The summed E-state index contributed by atoms with van der Waals surface area (Å²) >= 11 is 0. The van der Waals surface area contributed by atoms with Gasteiger partial charge >= 0.3 is 5.97 Å². The van der Waals surface area contributed by atoms with E-state index in [4.69, 9.17) is 0 Å². The Labute approximate surface area is 309 Å². The molecule has 1 aliphatic heterocycles. The molecule has 2 aliphatic rings. The van der Waals surface area contributed by atoms with E-state index in [1.54, 1.807) is 65.0 Å². The summed E-state index contributed by atoms with van der Waals surface area (Å²) in [6.45, 7) is 9.13. The van der Waals surface area contributed by atoms with Crippen LogP contribution in [0.3, 0.4) is 0 Å². The molecular weight excluding hydrogens is 682 g/mol. The molecule has 2 heterocycles. The van der Waals surface area contributed by atoms with Crippen molar-refractivity contribution in [1.29, 1.82) is 0 Å². The van der Waals surface area contributed by atoms with E-state index in [1.165, 1.54) is 23.5 Å². The molecule has 1 aromatic heterocycles. The smallest absolute Gasteiger partial charge is 0.326 e. The van der Waals surface area contributed by atoms with Crippen molar-refractivity contribution < 1.29 is 38.7 Å². The van der Waals surface area contributed by atoms with Gasteiger partial charge in [-0.3, -0.25) is 33.8 Å². The Hall–Kier alpha value is -5.21. The lowest BCUT2D eigenvalue weighted by Crippen LogP contribution is -2.60. The first-order valence-corrected chi connectivity index (χ1v) is 18.3. The number of aliphatic carboxylic acids is 1. The average Bonchev–Trinajstić information content (AvgIpc) is 3.74. The number of aromatic nitrogens is 2. The minimum atomic E-state index is -1.37. The van der Waals surface area contributed by atoms with Gasteiger partial charge < -0.3 is 31.3 Å². The van der Waals surface area contributed by atoms with Crippen molar-refractivity contribution in [3.05, 3.63) is 60.2 Å². The van der Waals surface area contributed by atoms with Crippen molar-refractivity contribution >= 4 is 41.3 Å². The summed E-state index contributed by atoms with van der Waals surface area (Å²) in [6, 6.07) is 3.07. The minimum absolute atomic E-state index is 0.0332. The summed E-state index contributed by atoms with van der Waals surface area (Å²) in [5, 5.41) is 20.3. The predicted molar refractivity (Wildman–Crippen MR) is 193 cm³/mol. The molecule has 1 saturated heterocycles. The molecule has 1 aromatic carbocycles. The van der Waals surface area contributed by atoms with E-state index in [1.807, 2.05) is 0 Å². The zero-order valence-electron chi connectivity index (χ0n) is 30.9. The topological polar surface area (TPSA) is 217 Å². The number of fused-ring (bicyclic) bond motifs is 1. The van der Waals surface area contributed by atoms with Crippen LogP contribution in [0.25, 0.3) is 0 Å². The summed E-state index contributed by atoms with van der Waals surface area (Å²) in [5.74, 6) is -6.53. The maximum Gasteiger partial charge on any atom is 0.326 e. The molecular formula is C38H51N7O8. The molecule has 3 unspecified atom stereocenters. The van der Waals surface area contributed by atoms with Gasteiger partial charge in [0.25, 0.3) is 11.8 Å². The lowest BCUT2D eigenvalue weighted by atomic mass is 9.92. The number of amides is 5. The molecule has 2 fully saturated rings. The maximum absolute atomic E-state index is 14.3. The lowest BCUT2D eigenvalue weighted by molar-refractivity contribution is -0.146. The van der Waals surface area contributed by atoms with Crippen molar-refractivity contribution in [2.24, 2.45) is 23.7 Å². The summed E-state index contributed by atoms with van der Waals surface area (Å²) in [7, 11) is 0. The van der Waals surface area contributed by atoms with Crippen molar-refractivity contribution in [2.75, 3.05) is 6.54 Å². The Kier molecular flexibility index (Phi) is 14.2. The van der Waals surface area contributed by atoms with E-state index < -0.39 is 77.4 Å². The first-order valence-electron chi connectivity index (χ1n) is 18.3. The number of benzene rings is 1. The fourth-order valence-electron chi connectivity index (χ4n) is 7.22. The number of hydrogen-bond acceptors (Lipinski definition) is 9. The number of nitrogens with zero attached hydrogens (tertiary/aromatic N) is 3. The maximum atomic E-state index is 14.3. The molecule has 4 rings (SSSR count). The number of Topliss-reactive ketones (excluding diaryl/α,β-unsaturated/α-hetero) is 1. The number of carboxylic acids is 1. The van der Waals surface area contributed by atoms with Crippen LogP contribution in [0.5, 0.6) is 0 Å². The molecule has 1 aliphatic carbocycles. The van der Waals surface area contributed by atoms with E-state index >= 15 is 0 Å². The second-order valence-electron chi connectivity index (χ2n) is 14.6. The molecule has 1 saturated carbocycles. The number of ketones is 1. The Morgan fingerprint density at radius 1 is 0.868 bits per heavy atom. The van der Waals surface area contributed by atoms with Gasteiger partial charge in [0.05, 0.1) is 12.2 Å². The van der Waals surface area contributed by atoms with Crippen LogP contribution in [-0.4, -0.2) is 98.0 Å². The number of hydrogen-bond donors (Lipinski definition) is 5. The minimum Gasteiger partial charge on any atom is -0.480 e. The van der Waals surface area contributed by atoms with Crippen LogP contribution in [0.2, 0.25) is 0 Å². The third kappa shape index (κ3) is 10.2. The highest BCUT2D eigenvalue weighted by Crippen LogP contribution is 2.42. The largest absolute Gasteiger partial charge is 0.480 e. The highest BCUT2D eigenvalue weighted by atomic mass is 16.4. The Morgan fingerprint density at radius 2 is 1.57 bits per heavy atom. The molecule has 15 nitrogen and oxygen atoms in total. The third-order valence-corrected chi connectivity index (χ3v) is 10.0. The van der Waals surface area contributed by atoms with E-state index in [0.29, 0.717) is 18.4 Å². The number of nitrogens with one attached hydrogen (secondary N) is 4. The fraction of sp³-hybridized carbons (Fsp3) is 0.553. The molecule has 0 radical (unpaired) electrons. The Bertz CT molecular complexity index is 1640. The van der Waals surface area contributed by atoms with Gasteiger partial charge in [0.15, 0.2) is 0 Å². The molecule has 286 valence electrons. The SMILES string of the molecule is CCCC(NC(=O)C1[C@H]2CCCC2CN1C(=O)[C@@H](NC(=O)[C@@H](NC(=O)c1cnccn1)C(C)C)C(C)C)C(=O)C(=O)N[C@@H](Cc1ccccc1)C(=O)O. The molecule has 15 heteroatoms. The second-order valence-corrected chi connectivity index (χ2v) is 14.6. The van der Waals surface area contributed by atoms with Crippen LogP contribution in [0.1, 0.15) is 82.8 Å². The number of rotatable bonds is 17. The van der Waals surface area contributed by atoms with Crippen molar-refractivity contribution in [1.82, 2.24) is 36.1 Å².